The molecule has 1 aliphatic heterocycles. The lowest BCUT2D eigenvalue weighted by atomic mass is 9.99. The van der Waals surface area contributed by atoms with Gasteiger partial charge in [-0.1, -0.05) is 12.1 Å². The van der Waals surface area contributed by atoms with Crippen LogP contribution in [-0.4, -0.2) is 38.2 Å². The van der Waals surface area contributed by atoms with E-state index in [1.165, 1.54) is 20.0 Å². The largest absolute Gasteiger partial charge is 0.494 e. The first-order valence-corrected chi connectivity index (χ1v) is 7.08. The zero-order valence-corrected chi connectivity index (χ0v) is 13.8. The molecule has 2 aliphatic rings. The molecule has 0 amide bonds. The fourth-order valence-corrected chi connectivity index (χ4v) is 3.03. The highest BCUT2D eigenvalue weighted by atomic mass is 35.5. The summed E-state index contributed by atoms with van der Waals surface area (Å²) < 4.78 is 19.6. The maximum Gasteiger partial charge on any atom is 0.169 e. The summed E-state index contributed by atoms with van der Waals surface area (Å²) in [6.45, 7) is 3.99. The number of ether oxygens (including phenoxy) is 1. The summed E-state index contributed by atoms with van der Waals surface area (Å²) in [4.78, 5) is 2.42. The minimum atomic E-state index is -0.180. The Bertz CT molecular complexity index is 451. The van der Waals surface area contributed by atoms with Crippen LogP contribution < -0.4 is 10.1 Å². The lowest BCUT2D eigenvalue weighted by molar-refractivity contribution is 0.152. The molecule has 120 valence electrons. The molecule has 0 spiro atoms. The Morgan fingerprint density at radius 1 is 1.24 bits per heavy atom. The topological polar surface area (TPSA) is 24.5 Å². The van der Waals surface area contributed by atoms with Crippen LogP contribution in [0.1, 0.15) is 24.4 Å². The van der Waals surface area contributed by atoms with E-state index in [1.807, 2.05) is 12.1 Å². The van der Waals surface area contributed by atoms with Crippen molar-refractivity contribution in [1.29, 1.82) is 0 Å². The molecule has 2 fully saturated rings. The molecule has 1 aliphatic carbocycles. The van der Waals surface area contributed by atoms with E-state index in [4.69, 9.17) is 4.74 Å². The molecule has 6 heteroatoms. The third-order valence-corrected chi connectivity index (χ3v) is 4.15. The number of halogens is 3. The predicted octanol–water partition coefficient (Wildman–Crippen LogP) is 3.03. The van der Waals surface area contributed by atoms with Gasteiger partial charge in [0, 0.05) is 37.8 Å². The summed E-state index contributed by atoms with van der Waals surface area (Å²) in [5.41, 5.74) is 0.809. The number of benzene rings is 1. The molecule has 0 bridgehead atoms. The van der Waals surface area contributed by atoms with Crippen LogP contribution in [0.25, 0.3) is 0 Å². The number of hydrogen-bond acceptors (Lipinski definition) is 3. The fourth-order valence-electron chi connectivity index (χ4n) is 3.03. The number of hydrogen-bond donors (Lipinski definition) is 1. The summed E-state index contributed by atoms with van der Waals surface area (Å²) in [5, 5.41) is 3.36. The molecule has 1 aromatic rings. The summed E-state index contributed by atoms with van der Waals surface area (Å²) in [6, 6.07) is 5.73. The van der Waals surface area contributed by atoms with E-state index in [1.54, 1.807) is 6.07 Å². The second kappa shape index (κ2) is 8.18. The first-order valence-electron chi connectivity index (χ1n) is 7.08. The van der Waals surface area contributed by atoms with Crippen LogP contribution in [0.2, 0.25) is 0 Å². The fraction of sp³-hybridized carbons (Fsp3) is 0.600. The molecule has 0 radical (unpaired) electrons. The van der Waals surface area contributed by atoms with E-state index in [9.17, 15) is 4.39 Å². The highest BCUT2D eigenvalue weighted by Gasteiger charge is 2.38. The Labute approximate surface area is 138 Å². The minimum Gasteiger partial charge on any atom is -0.494 e. The normalized spacial score (nSPS) is 20.1. The summed E-state index contributed by atoms with van der Waals surface area (Å²) >= 11 is 0. The van der Waals surface area contributed by atoms with Gasteiger partial charge >= 0.3 is 0 Å². The van der Waals surface area contributed by atoms with Gasteiger partial charge in [-0.15, -0.1) is 24.8 Å². The van der Waals surface area contributed by atoms with Gasteiger partial charge in [0.25, 0.3) is 0 Å². The standard InChI is InChI=1S/C15H21FN2O.2ClH/c1-19-13-4-2-3-12(14(13)16)15(11-5-6-11)18-9-7-17-8-10-18;;/h2-4,11,15,17H,5-10H2,1H3;2*1H/t15-;;/m0../s1. The first kappa shape index (κ1) is 18.5. The summed E-state index contributed by atoms with van der Waals surface area (Å²) in [6.07, 6.45) is 2.43. The van der Waals surface area contributed by atoms with E-state index in [0.717, 1.165) is 31.7 Å². The van der Waals surface area contributed by atoms with Crippen LogP contribution in [0, 0.1) is 11.7 Å². The van der Waals surface area contributed by atoms with Crippen molar-refractivity contribution < 1.29 is 9.13 Å². The van der Waals surface area contributed by atoms with Crippen molar-refractivity contribution in [3.63, 3.8) is 0 Å². The zero-order valence-electron chi connectivity index (χ0n) is 12.2. The van der Waals surface area contributed by atoms with Crippen LogP contribution >= 0.6 is 24.8 Å². The monoisotopic (exact) mass is 336 g/mol. The van der Waals surface area contributed by atoms with E-state index in [0.29, 0.717) is 11.7 Å². The zero-order chi connectivity index (χ0) is 13.2. The summed E-state index contributed by atoms with van der Waals surface area (Å²) in [5.74, 6) is 0.790. The molecule has 3 nitrogen and oxygen atoms in total. The first-order chi connectivity index (χ1) is 9.31. The van der Waals surface area contributed by atoms with Crippen molar-refractivity contribution in [3.8, 4) is 5.75 Å². The molecular weight excluding hydrogens is 314 g/mol. The third kappa shape index (κ3) is 4.01. The molecule has 0 unspecified atom stereocenters. The Morgan fingerprint density at radius 3 is 2.48 bits per heavy atom. The van der Waals surface area contributed by atoms with Crippen molar-refractivity contribution in [2.45, 2.75) is 18.9 Å². The predicted molar refractivity (Wildman–Crippen MR) is 87.4 cm³/mol. The maximum absolute atomic E-state index is 14.5. The number of rotatable bonds is 4. The molecule has 1 aromatic carbocycles. The van der Waals surface area contributed by atoms with E-state index >= 15 is 0 Å². The Balaban J connectivity index is 0.00000110. The van der Waals surface area contributed by atoms with Gasteiger partial charge in [-0.3, -0.25) is 4.90 Å². The number of nitrogens with one attached hydrogen (secondary N) is 1. The van der Waals surface area contributed by atoms with E-state index in [2.05, 4.69) is 10.2 Å². The molecule has 21 heavy (non-hydrogen) atoms. The lowest BCUT2D eigenvalue weighted by Crippen LogP contribution is -2.45. The quantitative estimate of drug-likeness (QED) is 0.914. The van der Waals surface area contributed by atoms with Gasteiger partial charge in [0.05, 0.1) is 7.11 Å². The van der Waals surface area contributed by atoms with Crippen LogP contribution in [0.3, 0.4) is 0 Å². The Hall–Kier alpha value is -0.550. The lowest BCUT2D eigenvalue weighted by Gasteiger charge is -2.35. The molecule has 1 atom stereocenters. The van der Waals surface area contributed by atoms with Crippen LogP contribution in [0.4, 0.5) is 4.39 Å². The van der Waals surface area contributed by atoms with Crippen LogP contribution in [0.15, 0.2) is 18.2 Å². The Morgan fingerprint density at radius 2 is 1.90 bits per heavy atom. The number of methoxy groups -OCH3 is 1. The minimum absolute atomic E-state index is 0. The van der Waals surface area contributed by atoms with Gasteiger partial charge in [0.1, 0.15) is 0 Å². The van der Waals surface area contributed by atoms with Crippen molar-refractivity contribution in [2.75, 3.05) is 33.3 Å². The highest BCUT2D eigenvalue weighted by molar-refractivity contribution is 5.85. The van der Waals surface area contributed by atoms with Crippen molar-refractivity contribution >= 4 is 24.8 Å². The van der Waals surface area contributed by atoms with Crippen molar-refractivity contribution in [2.24, 2.45) is 5.92 Å². The van der Waals surface area contributed by atoms with E-state index < -0.39 is 0 Å². The van der Waals surface area contributed by atoms with E-state index in [-0.39, 0.29) is 36.7 Å². The second-order valence-electron chi connectivity index (χ2n) is 5.43. The number of nitrogens with zero attached hydrogens (tertiary/aromatic N) is 1. The molecule has 1 saturated carbocycles. The van der Waals surface area contributed by atoms with Gasteiger partial charge < -0.3 is 10.1 Å². The molecule has 3 rings (SSSR count). The average molecular weight is 337 g/mol. The molecule has 1 N–H and O–H groups in total. The van der Waals surface area contributed by atoms with Gasteiger partial charge in [0.15, 0.2) is 11.6 Å². The smallest absolute Gasteiger partial charge is 0.169 e. The average Bonchev–Trinajstić information content (AvgIpc) is 3.27. The SMILES string of the molecule is COc1cccc([C@H](C2CC2)N2CCNCC2)c1F.Cl.Cl. The van der Waals surface area contributed by atoms with Gasteiger partial charge in [-0.2, -0.15) is 0 Å². The molecule has 0 aromatic heterocycles. The highest BCUT2D eigenvalue weighted by Crippen LogP contribution is 2.46. The maximum atomic E-state index is 14.5. The van der Waals surface area contributed by atoms with Crippen LogP contribution in [-0.2, 0) is 0 Å². The van der Waals surface area contributed by atoms with Crippen molar-refractivity contribution in [3.05, 3.63) is 29.6 Å². The molecule has 1 saturated heterocycles. The van der Waals surface area contributed by atoms with Gasteiger partial charge in [0.2, 0.25) is 0 Å². The second-order valence-corrected chi connectivity index (χ2v) is 5.43. The van der Waals surface area contributed by atoms with Crippen LogP contribution in [0.5, 0.6) is 5.75 Å². The Kier molecular flexibility index (Phi) is 7.21. The molecule has 1 heterocycles. The third-order valence-electron chi connectivity index (χ3n) is 4.15. The molecular formula is C15H23Cl2FN2O. The summed E-state index contributed by atoms with van der Waals surface area (Å²) in [7, 11) is 1.53. The number of piperazine rings is 1. The van der Waals surface area contributed by atoms with Crippen molar-refractivity contribution in [1.82, 2.24) is 10.2 Å². The van der Waals surface area contributed by atoms with Gasteiger partial charge in [-0.05, 0) is 24.8 Å². The van der Waals surface area contributed by atoms with Gasteiger partial charge in [-0.25, -0.2) is 4.39 Å².